The molecule has 0 unspecified atom stereocenters. The molecular weight excluding hydrogens is 195 g/mol. The predicted octanol–water partition coefficient (Wildman–Crippen LogP) is -6.08. The summed E-state index contributed by atoms with van der Waals surface area (Å²) in [5.41, 5.74) is 0. The third kappa shape index (κ3) is 46.8. The van der Waals surface area contributed by atoms with Gasteiger partial charge in [0, 0.05) is 0 Å². The van der Waals surface area contributed by atoms with E-state index >= 15 is 0 Å². The maximum atomic E-state index is 2.21. The van der Waals surface area contributed by atoms with Crippen LogP contribution in [0.15, 0.2) is 0 Å². The third-order valence-corrected chi connectivity index (χ3v) is 0.894. The molecule has 2 nitrogen and oxygen atoms in total. The Labute approximate surface area is 90.1 Å². The van der Waals surface area contributed by atoms with E-state index in [-0.39, 0.29) is 24.8 Å². The van der Waals surface area contributed by atoms with Gasteiger partial charge in [-0.1, -0.05) is 6.92 Å². The first-order valence-corrected chi connectivity index (χ1v) is 4.02. The lowest BCUT2D eigenvalue weighted by Gasteiger charge is -2.22. The number of halogens is 2. The highest BCUT2D eigenvalue weighted by atomic mass is 35.5. The molecule has 0 aromatic carbocycles. The molecular formula is C8H24Cl2N2. The van der Waals surface area contributed by atoms with Gasteiger partial charge in [0.1, 0.15) is 0 Å². The van der Waals surface area contributed by atoms with Crippen LogP contribution in [0, 0.1) is 0 Å². The molecule has 80 valence electrons. The van der Waals surface area contributed by atoms with Gasteiger partial charge in [0.25, 0.3) is 0 Å². The van der Waals surface area contributed by atoms with Gasteiger partial charge in [0.15, 0.2) is 0 Å². The van der Waals surface area contributed by atoms with Crippen molar-refractivity contribution in [3.8, 4) is 0 Å². The molecule has 0 fully saturated rings. The standard InChI is InChI=1S/C6H16N.C2H7N.2ClH/c1-5-6-7(2,3)4;1-3-2;;/h5-6H2,1-4H3;3H,1-2H3;2*1H/q+1;;;/p-1. The summed E-state index contributed by atoms with van der Waals surface area (Å²) in [4.78, 5) is 0. The van der Waals surface area contributed by atoms with Crippen LogP contribution >= 0.6 is 0 Å². The van der Waals surface area contributed by atoms with E-state index in [0.29, 0.717) is 0 Å². The van der Waals surface area contributed by atoms with Gasteiger partial charge in [0.05, 0.1) is 41.8 Å². The van der Waals surface area contributed by atoms with Gasteiger partial charge in [-0.2, -0.15) is 0 Å². The molecule has 0 aromatic heterocycles. The minimum Gasteiger partial charge on any atom is -1.00 e. The van der Waals surface area contributed by atoms with E-state index in [2.05, 4.69) is 28.1 Å². The second kappa shape index (κ2) is 14.0. The first-order chi connectivity index (χ1) is 4.47. The minimum atomic E-state index is 0. The molecule has 0 atom stereocenters. The zero-order valence-corrected chi connectivity index (χ0v) is 10.7. The normalized spacial score (nSPS) is 8.50. The van der Waals surface area contributed by atoms with Crippen molar-refractivity contribution in [1.82, 2.24) is 0 Å². The summed E-state index contributed by atoms with van der Waals surface area (Å²) in [6.45, 7) is 3.49. The van der Waals surface area contributed by atoms with Crippen molar-refractivity contribution in [2.75, 3.05) is 41.8 Å². The molecule has 0 aliphatic rings. The van der Waals surface area contributed by atoms with Gasteiger partial charge >= 0.3 is 0 Å². The summed E-state index contributed by atoms with van der Waals surface area (Å²) in [6, 6.07) is 0. The number of nitrogens with zero attached hydrogens (tertiary/aromatic N) is 1. The Kier molecular flexibility index (Phi) is 26.8. The van der Waals surface area contributed by atoms with Crippen LogP contribution < -0.4 is 30.1 Å². The van der Waals surface area contributed by atoms with E-state index in [4.69, 9.17) is 0 Å². The first-order valence-electron chi connectivity index (χ1n) is 4.02. The van der Waals surface area contributed by atoms with Crippen molar-refractivity contribution in [3.05, 3.63) is 0 Å². The Morgan fingerprint density at radius 3 is 1.25 bits per heavy atom. The van der Waals surface area contributed by atoms with Crippen molar-refractivity contribution in [2.45, 2.75) is 13.3 Å². The molecule has 0 aromatic rings. The van der Waals surface area contributed by atoms with E-state index in [9.17, 15) is 0 Å². The summed E-state index contributed by atoms with van der Waals surface area (Å²) >= 11 is 0. The molecule has 0 rings (SSSR count). The van der Waals surface area contributed by atoms with Crippen LogP contribution in [0.4, 0.5) is 0 Å². The SMILES string of the molecule is CCC[N+](C)(C)C.C[NH2+]C.[Cl-].[Cl-]. The van der Waals surface area contributed by atoms with Crippen LogP contribution in [-0.4, -0.2) is 46.3 Å². The zero-order valence-electron chi connectivity index (χ0n) is 9.19. The molecule has 12 heavy (non-hydrogen) atoms. The Morgan fingerprint density at radius 1 is 1.00 bits per heavy atom. The van der Waals surface area contributed by atoms with Crippen LogP contribution in [0.3, 0.4) is 0 Å². The van der Waals surface area contributed by atoms with Crippen molar-refractivity contribution in [1.29, 1.82) is 0 Å². The van der Waals surface area contributed by atoms with E-state index in [0.717, 1.165) is 4.48 Å². The van der Waals surface area contributed by atoms with Gasteiger partial charge < -0.3 is 34.6 Å². The summed E-state index contributed by atoms with van der Waals surface area (Å²) in [7, 11) is 10.6. The highest BCUT2D eigenvalue weighted by Gasteiger charge is 2.01. The van der Waals surface area contributed by atoms with Crippen LogP contribution in [-0.2, 0) is 0 Å². The molecule has 0 aliphatic heterocycles. The van der Waals surface area contributed by atoms with Gasteiger partial charge in [-0.3, -0.25) is 0 Å². The summed E-state index contributed by atoms with van der Waals surface area (Å²) in [6.07, 6.45) is 1.28. The fraction of sp³-hybridized carbons (Fsp3) is 1.00. The highest BCUT2D eigenvalue weighted by Crippen LogP contribution is 1.90. The molecule has 0 heterocycles. The number of hydrogen-bond acceptors (Lipinski definition) is 0. The van der Waals surface area contributed by atoms with Gasteiger partial charge in [-0.15, -0.1) is 0 Å². The molecule has 0 saturated carbocycles. The Hall–Kier alpha value is 0.500. The fourth-order valence-corrected chi connectivity index (χ4v) is 0.671. The number of hydrogen-bond donors (Lipinski definition) is 1. The Bertz CT molecular complexity index is 62.6. The van der Waals surface area contributed by atoms with Gasteiger partial charge in [0.2, 0.25) is 0 Å². The van der Waals surface area contributed by atoms with Crippen molar-refractivity contribution in [3.63, 3.8) is 0 Å². The lowest BCUT2D eigenvalue weighted by molar-refractivity contribution is -0.870. The fourth-order valence-electron chi connectivity index (χ4n) is 0.671. The third-order valence-electron chi connectivity index (χ3n) is 0.894. The molecule has 4 heteroatoms. The van der Waals surface area contributed by atoms with Crippen molar-refractivity contribution >= 4 is 0 Å². The van der Waals surface area contributed by atoms with Crippen molar-refractivity contribution < 1.29 is 34.6 Å². The number of rotatable bonds is 2. The summed E-state index contributed by atoms with van der Waals surface area (Å²) in [5, 5.41) is 2.00. The van der Waals surface area contributed by atoms with Gasteiger partial charge in [-0.05, 0) is 6.42 Å². The zero-order chi connectivity index (χ0) is 8.62. The monoisotopic (exact) mass is 218 g/mol. The topological polar surface area (TPSA) is 16.6 Å². The number of nitrogens with two attached hydrogens (primary N) is 1. The largest absolute Gasteiger partial charge is 1.00 e. The highest BCUT2D eigenvalue weighted by molar-refractivity contribution is 4.20. The van der Waals surface area contributed by atoms with Crippen molar-refractivity contribution in [2.24, 2.45) is 0 Å². The lowest BCUT2D eigenvalue weighted by Crippen LogP contribution is -3.00. The molecule has 2 N–H and O–H groups in total. The quantitative estimate of drug-likeness (QED) is 0.445. The Morgan fingerprint density at radius 2 is 1.25 bits per heavy atom. The summed E-state index contributed by atoms with van der Waals surface area (Å²) in [5.74, 6) is 0. The maximum Gasteiger partial charge on any atom is 0.0777 e. The predicted molar refractivity (Wildman–Crippen MR) is 47.0 cm³/mol. The molecule has 0 bridgehead atoms. The smallest absolute Gasteiger partial charge is 0.0777 e. The van der Waals surface area contributed by atoms with Gasteiger partial charge in [-0.25, -0.2) is 0 Å². The second-order valence-electron chi connectivity index (χ2n) is 3.59. The first kappa shape index (κ1) is 22.9. The second-order valence-corrected chi connectivity index (χ2v) is 3.59. The van der Waals surface area contributed by atoms with E-state index in [1.54, 1.807) is 0 Å². The summed E-state index contributed by atoms with van der Waals surface area (Å²) < 4.78 is 1.09. The van der Waals surface area contributed by atoms with E-state index < -0.39 is 0 Å². The van der Waals surface area contributed by atoms with Crippen LogP contribution in [0.5, 0.6) is 0 Å². The van der Waals surface area contributed by atoms with Crippen LogP contribution in [0.1, 0.15) is 13.3 Å². The molecule has 0 spiro atoms. The molecule has 0 radical (unpaired) electrons. The minimum absolute atomic E-state index is 0. The number of quaternary nitrogens is 2. The molecule has 0 aliphatic carbocycles. The van der Waals surface area contributed by atoms with E-state index in [1.165, 1.54) is 13.0 Å². The van der Waals surface area contributed by atoms with E-state index in [1.807, 2.05) is 19.4 Å². The lowest BCUT2D eigenvalue weighted by atomic mass is 10.4. The average molecular weight is 219 g/mol. The van der Waals surface area contributed by atoms with Crippen LogP contribution in [0.2, 0.25) is 0 Å². The van der Waals surface area contributed by atoms with Crippen LogP contribution in [0.25, 0.3) is 0 Å². The average Bonchev–Trinajstić information content (AvgIpc) is 1.63. The Balaban J connectivity index is -0.0000000569. The molecule has 0 saturated heterocycles. The molecule has 0 amide bonds. The maximum absolute atomic E-state index is 2.21.